The molecule has 108 valence electrons. The van der Waals surface area contributed by atoms with Gasteiger partial charge in [0.05, 0.1) is 6.42 Å². The third-order valence-corrected chi connectivity index (χ3v) is 2.36. The van der Waals surface area contributed by atoms with Crippen molar-refractivity contribution in [3.63, 3.8) is 0 Å². The largest absolute Gasteiger partial charge is 0.390 e. The van der Waals surface area contributed by atoms with Crippen molar-refractivity contribution in [3.05, 3.63) is 35.9 Å². The monoisotopic (exact) mass is 296 g/mol. The Hall–Kier alpha value is -1.27. The molecule has 0 saturated heterocycles. The van der Waals surface area contributed by atoms with Crippen molar-refractivity contribution < 1.29 is 18.0 Å². The van der Waals surface area contributed by atoms with E-state index in [1.54, 1.807) is 24.3 Å². The molecule has 1 aromatic rings. The minimum Gasteiger partial charge on any atom is -0.356 e. The second kappa shape index (κ2) is 8.01. The molecule has 0 aliphatic heterocycles. The van der Waals surface area contributed by atoms with Crippen LogP contribution in [0.25, 0.3) is 0 Å². The van der Waals surface area contributed by atoms with Gasteiger partial charge in [-0.05, 0) is 5.56 Å². The molecule has 1 amide bonds. The Morgan fingerprint density at radius 2 is 1.84 bits per heavy atom. The van der Waals surface area contributed by atoms with Crippen molar-refractivity contribution in [3.8, 4) is 0 Å². The lowest BCUT2D eigenvalue weighted by Gasteiger charge is -2.12. The fourth-order valence-electron chi connectivity index (χ4n) is 1.43. The Kier molecular flexibility index (Phi) is 7.48. The van der Waals surface area contributed by atoms with Crippen LogP contribution in [0.3, 0.4) is 0 Å². The van der Waals surface area contributed by atoms with Crippen molar-refractivity contribution >= 4 is 18.3 Å². The molecule has 0 radical (unpaired) electrons. The van der Waals surface area contributed by atoms with Crippen LogP contribution in [0.2, 0.25) is 0 Å². The van der Waals surface area contributed by atoms with Crippen LogP contribution in [0.4, 0.5) is 13.2 Å². The van der Waals surface area contributed by atoms with Gasteiger partial charge in [-0.25, -0.2) is 0 Å². The summed E-state index contributed by atoms with van der Waals surface area (Å²) in [5.41, 5.74) is 6.55. The molecule has 1 unspecified atom stereocenters. The van der Waals surface area contributed by atoms with Crippen LogP contribution in [0, 0.1) is 0 Å². The standard InChI is InChI=1S/C12H15F3N2O.ClH/c13-12(14,15)6-7-17-11(18)8-10(16)9-4-2-1-3-5-9;/h1-5,10H,6-8,16H2,(H,17,18);1H. The number of amides is 1. The number of carbonyl (C=O) groups is 1. The lowest BCUT2D eigenvalue weighted by atomic mass is 10.0. The van der Waals surface area contributed by atoms with Gasteiger partial charge in [0.15, 0.2) is 0 Å². The Labute approximate surface area is 115 Å². The quantitative estimate of drug-likeness (QED) is 0.877. The number of carbonyl (C=O) groups excluding carboxylic acids is 1. The van der Waals surface area contributed by atoms with Gasteiger partial charge in [0.2, 0.25) is 5.91 Å². The molecular weight excluding hydrogens is 281 g/mol. The summed E-state index contributed by atoms with van der Waals surface area (Å²) in [7, 11) is 0. The van der Waals surface area contributed by atoms with E-state index in [0.717, 1.165) is 5.56 Å². The van der Waals surface area contributed by atoms with Crippen LogP contribution in [-0.4, -0.2) is 18.6 Å². The highest BCUT2D eigenvalue weighted by molar-refractivity contribution is 5.85. The molecule has 0 heterocycles. The lowest BCUT2D eigenvalue weighted by Crippen LogP contribution is -2.30. The molecule has 0 spiro atoms. The normalized spacial score (nSPS) is 12.4. The van der Waals surface area contributed by atoms with Crippen LogP contribution in [-0.2, 0) is 4.79 Å². The predicted molar refractivity (Wildman–Crippen MR) is 68.9 cm³/mol. The number of hydrogen-bond donors (Lipinski definition) is 2. The maximum absolute atomic E-state index is 11.9. The molecule has 1 aromatic carbocycles. The average Bonchev–Trinajstić information content (AvgIpc) is 2.28. The van der Waals surface area contributed by atoms with Gasteiger partial charge < -0.3 is 11.1 Å². The number of benzene rings is 1. The van der Waals surface area contributed by atoms with Crippen molar-refractivity contribution in [2.45, 2.75) is 25.1 Å². The Balaban J connectivity index is 0.00000324. The molecule has 0 aliphatic carbocycles. The first-order valence-corrected chi connectivity index (χ1v) is 5.52. The second-order valence-corrected chi connectivity index (χ2v) is 3.94. The van der Waals surface area contributed by atoms with Crippen LogP contribution in [0.1, 0.15) is 24.4 Å². The number of hydrogen-bond acceptors (Lipinski definition) is 2. The highest BCUT2D eigenvalue weighted by atomic mass is 35.5. The molecular formula is C12H16ClF3N2O. The van der Waals surface area contributed by atoms with E-state index < -0.39 is 31.1 Å². The smallest absolute Gasteiger partial charge is 0.356 e. The van der Waals surface area contributed by atoms with E-state index in [-0.39, 0.29) is 18.8 Å². The molecule has 0 fully saturated rings. The van der Waals surface area contributed by atoms with Gasteiger partial charge >= 0.3 is 6.18 Å². The van der Waals surface area contributed by atoms with Gasteiger partial charge in [-0.3, -0.25) is 4.79 Å². The summed E-state index contributed by atoms with van der Waals surface area (Å²) < 4.78 is 35.6. The zero-order chi connectivity index (χ0) is 13.6. The average molecular weight is 297 g/mol. The number of alkyl halides is 3. The minimum atomic E-state index is -4.26. The number of halogens is 4. The summed E-state index contributed by atoms with van der Waals surface area (Å²) in [5.74, 6) is -0.476. The molecule has 19 heavy (non-hydrogen) atoms. The van der Waals surface area contributed by atoms with Gasteiger partial charge in [-0.1, -0.05) is 30.3 Å². The fourth-order valence-corrected chi connectivity index (χ4v) is 1.43. The topological polar surface area (TPSA) is 55.1 Å². The van der Waals surface area contributed by atoms with Gasteiger partial charge in [-0.15, -0.1) is 12.4 Å². The van der Waals surface area contributed by atoms with Crippen molar-refractivity contribution in [2.75, 3.05) is 6.54 Å². The first kappa shape index (κ1) is 17.7. The SMILES string of the molecule is Cl.NC(CC(=O)NCCC(F)(F)F)c1ccccc1. The molecule has 1 rings (SSSR count). The summed E-state index contributed by atoms with van der Waals surface area (Å²) in [6.45, 7) is -0.413. The molecule has 0 aromatic heterocycles. The highest BCUT2D eigenvalue weighted by Crippen LogP contribution is 2.18. The summed E-state index contributed by atoms with van der Waals surface area (Å²) in [5, 5.41) is 2.20. The van der Waals surface area contributed by atoms with Gasteiger partial charge in [0.1, 0.15) is 0 Å². The lowest BCUT2D eigenvalue weighted by molar-refractivity contribution is -0.135. The first-order chi connectivity index (χ1) is 8.38. The maximum atomic E-state index is 11.9. The number of nitrogens with two attached hydrogens (primary N) is 1. The fraction of sp³-hybridized carbons (Fsp3) is 0.417. The van der Waals surface area contributed by atoms with Crippen LogP contribution < -0.4 is 11.1 Å². The van der Waals surface area contributed by atoms with E-state index in [1.807, 2.05) is 6.07 Å². The highest BCUT2D eigenvalue weighted by Gasteiger charge is 2.26. The zero-order valence-electron chi connectivity index (χ0n) is 10.1. The Bertz CT molecular complexity index is 384. The molecule has 0 saturated carbocycles. The summed E-state index contributed by atoms with van der Waals surface area (Å²) in [6, 6.07) is 8.44. The van der Waals surface area contributed by atoms with Crippen molar-refractivity contribution in [2.24, 2.45) is 5.73 Å². The number of nitrogens with one attached hydrogen (secondary N) is 1. The minimum absolute atomic E-state index is 0. The van der Waals surface area contributed by atoms with E-state index in [4.69, 9.17) is 5.73 Å². The van der Waals surface area contributed by atoms with E-state index in [1.165, 1.54) is 0 Å². The van der Waals surface area contributed by atoms with E-state index in [0.29, 0.717) is 0 Å². The first-order valence-electron chi connectivity index (χ1n) is 5.52. The molecule has 3 N–H and O–H groups in total. The molecule has 1 atom stereocenters. The van der Waals surface area contributed by atoms with E-state index in [2.05, 4.69) is 5.32 Å². The third kappa shape index (κ3) is 7.69. The van der Waals surface area contributed by atoms with E-state index in [9.17, 15) is 18.0 Å². The zero-order valence-corrected chi connectivity index (χ0v) is 10.9. The summed E-state index contributed by atoms with van der Waals surface area (Å²) in [4.78, 5) is 11.4. The van der Waals surface area contributed by atoms with Crippen LogP contribution in [0.5, 0.6) is 0 Å². The van der Waals surface area contributed by atoms with Crippen LogP contribution >= 0.6 is 12.4 Å². The van der Waals surface area contributed by atoms with Gasteiger partial charge in [0, 0.05) is 19.0 Å². The molecule has 3 nitrogen and oxygen atoms in total. The number of rotatable bonds is 5. The van der Waals surface area contributed by atoms with E-state index >= 15 is 0 Å². The maximum Gasteiger partial charge on any atom is 0.390 e. The van der Waals surface area contributed by atoms with Crippen molar-refractivity contribution in [1.29, 1.82) is 0 Å². The Morgan fingerprint density at radius 3 is 2.37 bits per heavy atom. The van der Waals surface area contributed by atoms with Gasteiger partial charge in [0.25, 0.3) is 0 Å². The van der Waals surface area contributed by atoms with Gasteiger partial charge in [-0.2, -0.15) is 13.2 Å². The molecule has 0 aliphatic rings. The Morgan fingerprint density at radius 1 is 1.26 bits per heavy atom. The third-order valence-electron chi connectivity index (χ3n) is 2.36. The molecule has 7 heteroatoms. The predicted octanol–water partition coefficient (Wildman–Crippen LogP) is 2.57. The van der Waals surface area contributed by atoms with Crippen molar-refractivity contribution in [1.82, 2.24) is 5.32 Å². The summed E-state index contributed by atoms with van der Waals surface area (Å²) in [6.07, 6.45) is -5.31. The summed E-state index contributed by atoms with van der Waals surface area (Å²) >= 11 is 0. The second-order valence-electron chi connectivity index (χ2n) is 3.94. The molecule has 0 bridgehead atoms. The van der Waals surface area contributed by atoms with Crippen LogP contribution in [0.15, 0.2) is 30.3 Å².